The first kappa shape index (κ1) is 13.9. The maximum absolute atomic E-state index is 6.02. The second-order valence-electron chi connectivity index (χ2n) is 4.65. The lowest BCUT2D eigenvalue weighted by Gasteiger charge is -2.13. The van der Waals surface area contributed by atoms with Crippen molar-refractivity contribution in [1.82, 2.24) is 5.32 Å². The SMILES string of the molecule is CNCc1cc(C)ccc1Oc1cc(Cl)ccc1C. The highest BCUT2D eigenvalue weighted by atomic mass is 35.5. The van der Waals surface area contributed by atoms with Crippen LogP contribution in [0.4, 0.5) is 0 Å². The number of nitrogens with one attached hydrogen (secondary N) is 1. The Hall–Kier alpha value is -1.51. The minimum Gasteiger partial charge on any atom is -0.457 e. The van der Waals surface area contributed by atoms with E-state index >= 15 is 0 Å². The average Bonchev–Trinajstić information content (AvgIpc) is 2.37. The van der Waals surface area contributed by atoms with E-state index < -0.39 is 0 Å². The molecular weight excluding hydrogens is 258 g/mol. The first-order valence-electron chi connectivity index (χ1n) is 6.28. The molecule has 0 fully saturated rings. The Kier molecular flexibility index (Phi) is 4.46. The number of ether oxygens (including phenoxy) is 1. The van der Waals surface area contributed by atoms with Gasteiger partial charge in [-0.25, -0.2) is 0 Å². The van der Waals surface area contributed by atoms with Crippen LogP contribution in [-0.4, -0.2) is 7.05 Å². The molecule has 0 spiro atoms. The fourth-order valence-corrected chi connectivity index (χ4v) is 2.10. The van der Waals surface area contributed by atoms with Crippen molar-refractivity contribution in [2.24, 2.45) is 0 Å². The van der Waals surface area contributed by atoms with Crippen molar-refractivity contribution in [2.75, 3.05) is 7.05 Å². The second-order valence-corrected chi connectivity index (χ2v) is 5.09. The summed E-state index contributed by atoms with van der Waals surface area (Å²) in [6.07, 6.45) is 0. The van der Waals surface area contributed by atoms with Crippen LogP contribution < -0.4 is 10.1 Å². The van der Waals surface area contributed by atoms with Crippen LogP contribution in [0.25, 0.3) is 0 Å². The van der Waals surface area contributed by atoms with Crippen molar-refractivity contribution < 1.29 is 4.74 Å². The van der Waals surface area contributed by atoms with Gasteiger partial charge in [0.25, 0.3) is 0 Å². The van der Waals surface area contributed by atoms with Crippen LogP contribution in [0.3, 0.4) is 0 Å². The third-order valence-electron chi connectivity index (χ3n) is 2.95. The molecular formula is C16H18ClNO. The molecule has 0 atom stereocenters. The van der Waals surface area contributed by atoms with Gasteiger partial charge in [-0.3, -0.25) is 0 Å². The number of benzene rings is 2. The molecule has 0 aromatic heterocycles. The molecule has 0 aliphatic rings. The van der Waals surface area contributed by atoms with Crippen molar-refractivity contribution in [3.63, 3.8) is 0 Å². The minimum atomic E-state index is 0.683. The molecule has 19 heavy (non-hydrogen) atoms. The lowest BCUT2D eigenvalue weighted by Crippen LogP contribution is -2.06. The molecule has 0 saturated heterocycles. The summed E-state index contributed by atoms with van der Waals surface area (Å²) in [5, 5.41) is 3.84. The van der Waals surface area contributed by atoms with Crippen LogP contribution in [0.1, 0.15) is 16.7 Å². The first-order chi connectivity index (χ1) is 9.10. The van der Waals surface area contributed by atoms with Crippen molar-refractivity contribution in [1.29, 1.82) is 0 Å². The first-order valence-corrected chi connectivity index (χ1v) is 6.66. The molecule has 3 heteroatoms. The van der Waals surface area contributed by atoms with E-state index in [2.05, 4.69) is 18.3 Å². The van der Waals surface area contributed by atoms with Crippen LogP contribution in [0.5, 0.6) is 11.5 Å². The van der Waals surface area contributed by atoms with Gasteiger partial charge in [0.05, 0.1) is 0 Å². The Balaban J connectivity index is 2.34. The van der Waals surface area contributed by atoms with Gasteiger partial charge in [0, 0.05) is 17.1 Å². The van der Waals surface area contributed by atoms with E-state index in [1.54, 1.807) is 0 Å². The Labute approximate surface area is 119 Å². The van der Waals surface area contributed by atoms with Crippen LogP contribution in [0.2, 0.25) is 5.02 Å². The van der Waals surface area contributed by atoms with Gasteiger partial charge in [-0.2, -0.15) is 0 Å². The quantitative estimate of drug-likeness (QED) is 0.889. The largest absolute Gasteiger partial charge is 0.457 e. The van der Waals surface area contributed by atoms with Crippen LogP contribution >= 0.6 is 11.6 Å². The molecule has 0 radical (unpaired) electrons. The number of halogens is 1. The van der Waals surface area contributed by atoms with Gasteiger partial charge >= 0.3 is 0 Å². The lowest BCUT2D eigenvalue weighted by molar-refractivity contribution is 0.470. The Bertz CT molecular complexity index is 581. The summed E-state index contributed by atoms with van der Waals surface area (Å²) in [5.74, 6) is 1.67. The zero-order valence-electron chi connectivity index (χ0n) is 11.5. The number of hydrogen-bond acceptors (Lipinski definition) is 2. The summed E-state index contributed by atoms with van der Waals surface area (Å²) in [5.41, 5.74) is 3.43. The molecule has 1 N–H and O–H groups in total. The minimum absolute atomic E-state index is 0.683. The molecule has 2 aromatic carbocycles. The Morgan fingerprint density at radius 2 is 1.84 bits per heavy atom. The van der Waals surface area contributed by atoms with Crippen molar-refractivity contribution in [2.45, 2.75) is 20.4 Å². The molecule has 2 aromatic rings. The van der Waals surface area contributed by atoms with E-state index in [0.29, 0.717) is 5.02 Å². The standard InChI is InChI=1S/C16H18ClNO/c1-11-4-7-15(13(8-11)10-18-3)19-16-9-14(17)6-5-12(16)2/h4-9,18H,10H2,1-3H3. The fourth-order valence-electron chi connectivity index (χ4n) is 1.94. The third-order valence-corrected chi connectivity index (χ3v) is 3.19. The van der Waals surface area contributed by atoms with E-state index in [1.807, 2.05) is 44.3 Å². The molecule has 0 bridgehead atoms. The average molecular weight is 276 g/mol. The van der Waals surface area contributed by atoms with E-state index in [-0.39, 0.29) is 0 Å². The van der Waals surface area contributed by atoms with Crippen LogP contribution in [0.15, 0.2) is 36.4 Å². The summed E-state index contributed by atoms with van der Waals surface area (Å²) >= 11 is 6.02. The predicted octanol–water partition coefficient (Wildman–Crippen LogP) is 4.47. The normalized spacial score (nSPS) is 10.5. The molecule has 0 aliphatic heterocycles. The Morgan fingerprint density at radius 3 is 2.58 bits per heavy atom. The Morgan fingerprint density at radius 1 is 1.05 bits per heavy atom. The highest BCUT2D eigenvalue weighted by Crippen LogP contribution is 2.30. The summed E-state index contributed by atoms with van der Waals surface area (Å²) in [7, 11) is 1.93. The smallest absolute Gasteiger partial charge is 0.131 e. The van der Waals surface area contributed by atoms with E-state index in [4.69, 9.17) is 16.3 Å². The van der Waals surface area contributed by atoms with Gasteiger partial charge in [0.1, 0.15) is 11.5 Å². The molecule has 0 aliphatic carbocycles. The molecule has 0 unspecified atom stereocenters. The zero-order valence-corrected chi connectivity index (χ0v) is 12.2. The molecule has 2 rings (SSSR count). The lowest BCUT2D eigenvalue weighted by atomic mass is 10.1. The van der Waals surface area contributed by atoms with Crippen molar-refractivity contribution in [3.8, 4) is 11.5 Å². The van der Waals surface area contributed by atoms with E-state index in [1.165, 1.54) is 5.56 Å². The number of aryl methyl sites for hydroxylation is 2. The molecule has 2 nitrogen and oxygen atoms in total. The fraction of sp³-hybridized carbons (Fsp3) is 0.250. The van der Waals surface area contributed by atoms with Crippen molar-refractivity contribution >= 4 is 11.6 Å². The third kappa shape index (κ3) is 3.49. The molecule has 0 heterocycles. The number of hydrogen-bond donors (Lipinski definition) is 1. The maximum Gasteiger partial charge on any atom is 0.131 e. The van der Waals surface area contributed by atoms with Crippen molar-refractivity contribution in [3.05, 3.63) is 58.1 Å². The monoisotopic (exact) mass is 275 g/mol. The summed E-state index contributed by atoms with van der Waals surface area (Å²) in [6, 6.07) is 11.9. The van der Waals surface area contributed by atoms with Crippen LogP contribution in [-0.2, 0) is 6.54 Å². The van der Waals surface area contributed by atoms with E-state index in [0.717, 1.165) is 29.2 Å². The highest BCUT2D eigenvalue weighted by molar-refractivity contribution is 6.30. The maximum atomic E-state index is 6.02. The predicted molar refractivity (Wildman–Crippen MR) is 80.2 cm³/mol. The van der Waals surface area contributed by atoms with Gasteiger partial charge in [-0.1, -0.05) is 35.4 Å². The van der Waals surface area contributed by atoms with E-state index in [9.17, 15) is 0 Å². The molecule has 0 amide bonds. The molecule has 0 saturated carbocycles. The van der Waals surface area contributed by atoms with Gasteiger partial charge < -0.3 is 10.1 Å². The molecule has 100 valence electrons. The van der Waals surface area contributed by atoms with Crippen LogP contribution in [0, 0.1) is 13.8 Å². The summed E-state index contributed by atoms with van der Waals surface area (Å²) < 4.78 is 6.00. The van der Waals surface area contributed by atoms with Gasteiger partial charge in [-0.05, 0) is 44.7 Å². The number of rotatable bonds is 4. The zero-order chi connectivity index (χ0) is 13.8. The van der Waals surface area contributed by atoms with Gasteiger partial charge in [-0.15, -0.1) is 0 Å². The second kappa shape index (κ2) is 6.09. The summed E-state index contributed by atoms with van der Waals surface area (Å²) in [4.78, 5) is 0. The van der Waals surface area contributed by atoms with Gasteiger partial charge in [0.2, 0.25) is 0 Å². The van der Waals surface area contributed by atoms with Gasteiger partial charge in [0.15, 0.2) is 0 Å². The summed E-state index contributed by atoms with van der Waals surface area (Å²) in [6.45, 7) is 4.86. The topological polar surface area (TPSA) is 21.3 Å². The highest BCUT2D eigenvalue weighted by Gasteiger charge is 2.07.